The van der Waals surface area contributed by atoms with E-state index in [4.69, 9.17) is 34.3 Å². The van der Waals surface area contributed by atoms with E-state index in [1.165, 1.54) is 0 Å². The largest absolute Gasteiger partial charge is 0.438 e. The Hall–Kier alpha value is -1.65. The molecule has 0 amide bonds. The molecular formula is C16H17ClN2OS. The molecule has 3 nitrogen and oxygen atoms in total. The van der Waals surface area contributed by atoms with Gasteiger partial charge in [-0.05, 0) is 62.6 Å². The maximum atomic E-state index is 6.05. The Morgan fingerprint density at radius 1 is 1.10 bits per heavy atom. The topological polar surface area (TPSA) is 48.1 Å². The smallest absolute Gasteiger partial charge is 0.230 e. The van der Waals surface area contributed by atoms with Crippen LogP contribution in [0.3, 0.4) is 0 Å². The fourth-order valence-corrected chi connectivity index (χ4v) is 2.91. The van der Waals surface area contributed by atoms with Crippen molar-refractivity contribution in [3.63, 3.8) is 0 Å². The second-order valence-electron chi connectivity index (χ2n) is 5.10. The Morgan fingerprint density at radius 3 is 2.19 bits per heavy atom. The zero-order chi connectivity index (χ0) is 15.7. The number of pyridine rings is 1. The molecule has 0 unspecified atom stereocenters. The first kappa shape index (κ1) is 15.7. The van der Waals surface area contributed by atoms with E-state index in [-0.39, 0.29) is 4.99 Å². The van der Waals surface area contributed by atoms with Gasteiger partial charge in [0.05, 0.1) is 5.56 Å². The van der Waals surface area contributed by atoms with E-state index in [0.717, 1.165) is 28.1 Å². The van der Waals surface area contributed by atoms with Gasteiger partial charge >= 0.3 is 0 Å². The van der Waals surface area contributed by atoms with Gasteiger partial charge in [0, 0.05) is 10.7 Å². The highest BCUT2D eigenvalue weighted by atomic mass is 35.5. The zero-order valence-corrected chi connectivity index (χ0v) is 14.0. The second-order valence-corrected chi connectivity index (χ2v) is 5.97. The van der Waals surface area contributed by atoms with Crippen LogP contribution in [0.4, 0.5) is 0 Å². The summed E-state index contributed by atoms with van der Waals surface area (Å²) >= 11 is 11.2. The van der Waals surface area contributed by atoms with Crippen molar-refractivity contribution in [1.82, 2.24) is 4.98 Å². The van der Waals surface area contributed by atoms with Crippen LogP contribution < -0.4 is 10.5 Å². The highest BCUT2D eigenvalue weighted by Crippen LogP contribution is 2.33. The number of halogens is 1. The molecule has 21 heavy (non-hydrogen) atoms. The van der Waals surface area contributed by atoms with Gasteiger partial charge in [-0.2, -0.15) is 0 Å². The summed E-state index contributed by atoms with van der Waals surface area (Å²) in [7, 11) is 0. The molecule has 2 N–H and O–H groups in total. The van der Waals surface area contributed by atoms with Crippen molar-refractivity contribution >= 4 is 28.8 Å². The summed E-state index contributed by atoms with van der Waals surface area (Å²) in [5.74, 6) is 1.17. The third kappa shape index (κ3) is 3.34. The lowest BCUT2D eigenvalue weighted by Crippen LogP contribution is -2.14. The third-order valence-electron chi connectivity index (χ3n) is 3.18. The summed E-state index contributed by atoms with van der Waals surface area (Å²) in [5, 5.41) is 0.681. The Balaban J connectivity index is 2.57. The fourth-order valence-electron chi connectivity index (χ4n) is 2.33. The molecule has 0 fully saturated rings. The molecule has 1 aromatic heterocycles. The maximum absolute atomic E-state index is 6.05. The van der Waals surface area contributed by atoms with Gasteiger partial charge < -0.3 is 10.5 Å². The highest BCUT2D eigenvalue weighted by Gasteiger charge is 2.16. The average molecular weight is 321 g/mol. The SMILES string of the molecule is Cc1cc(C)c(C(N)=S)c(Oc2c(C)cc(Cl)cc2C)n1. The highest BCUT2D eigenvalue weighted by molar-refractivity contribution is 7.80. The number of thiocarbonyl (C=S) groups is 1. The van der Waals surface area contributed by atoms with Crippen molar-refractivity contribution in [1.29, 1.82) is 0 Å². The number of hydrogen-bond donors (Lipinski definition) is 1. The molecule has 1 aromatic carbocycles. The molecule has 0 aliphatic heterocycles. The Kier molecular flexibility index (Phi) is 4.49. The van der Waals surface area contributed by atoms with E-state index in [9.17, 15) is 0 Å². The Labute approximate surface area is 135 Å². The summed E-state index contributed by atoms with van der Waals surface area (Å²) in [6.45, 7) is 7.73. The van der Waals surface area contributed by atoms with Gasteiger partial charge in [-0.1, -0.05) is 23.8 Å². The van der Waals surface area contributed by atoms with E-state index in [0.29, 0.717) is 16.5 Å². The van der Waals surface area contributed by atoms with Crippen LogP contribution >= 0.6 is 23.8 Å². The summed E-state index contributed by atoms with van der Waals surface area (Å²) in [4.78, 5) is 4.71. The number of aromatic nitrogens is 1. The molecule has 1 heterocycles. The molecule has 0 aliphatic rings. The first-order valence-corrected chi connectivity index (χ1v) is 7.31. The van der Waals surface area contributed by atoms with E-state index in [1.807, 2.05) is 45.9 Å². The molecule has 110 valence electrons. The van der Waals surface area contributed by atoms with E-state index in [1.54, 1.807) is 0 Å². The van der Waals surface area contributed by atoms with Gasteiger partial charge in [0.25, 0.3) is 0 Å². The van der Waals surface area contributed by atoms with Crippen molar-refractivity contribution in [3.8, 4) is 11.6 Å². The number of hydrogen-bond acceptors (Lipinski definition) is 3. The Bertz CT molecular complexity index is 705. The van der Waals surface area contributed by atoms with Crippen molar-refractivity contribution in [2.45, 2.75) is 27.7 Å². The fraction of sp³-hybridized carbons (Fsp3) is 0.250. The first-order chi connectivity index (χ1) is 9.79. The lowest BCUT2D eigenvalue weighted by Gasteiger charge is -2.16. The molecule has 5 heteroatoms. The predicted molar refractivity (Wildman–Crippen MR) is 90.6 cm³/mol. The molecule has 2 rings (SSSR count). The molecule has 0 spiro atoms. The molecule has 2 aromatic rings. The number of rotatable bonds is 3. The molecule has 0 aliphatic carbocycles. The predicted octanol–water partition coefficient (Wildman–Crippen LogP) is 4.40. The molecule has 0 radical (unpaired) electrons. The van der Waals surface area contributed by atoms with Crippen molar-refractivity contribution in [2.24, 2.45) is 5.73 Å². The first-order valence-electron chi connectivity index (χ1n) is 6.52. The zero-order valence-electron chi connectivity index (χ0n) is 12.5. The monoisotopic (exact) mass is 320 g/mol. The van der Waals surface area contributed by atoms with Crippen molar-refractivity contribution < 1.29 is 4.74 Å². The summed E-state index contributed by atoms with van der Waals surface area (Å²) in [6, 6.07) is 5.64. The van der Waals surface area contributed by atoms with E-state index < -0.39 is 0 Å². The maximum Gasteiger partial charge on any atom is 0.230 e. The minimum absolute atomic E-state index is 0.277. The normalized spacial score (nSPS) is 10.5. The minimum atomic E-state index is 0.277. The number of nitrogens with two attached hydrogens (primary N) is 1. The van der Waals surface area contributed by atoms with Crippen LogP contribution in [0.1, 0.15) is 27.9 Å². The van der Waals surface area contributed by atoms with Crippen LogP contribution in [0.15, 0.2) is 18.2 Å². The summed E-state index contributed by atoms with van der Waals surface area (Å²) in [6.07, 6.45) is 0. The van der Waals surface area contributed by atoms with Gasteiger partial charge in [0.15, 0.2) is 0 Å². The van der Waals surface area contributed by atoms with Crippen LogP contribution in [-0.2, 0) is 0 Å². The van der Waals surface area contributed by atoms with Gasteiger partial charge in [-0.25, -0.2) is 4.98 Å². The number of aryl methyl sites for hydroxylation is 4. The van der Waals surface area contributed by atoms with Crippen LogP contribution in [0.2, 0.25) is 5.02 Å². The standard InChI is InChI=1S/C16H17ClN2OS/c1-8-5-11(4)19-16(13(8)15(18)21)20-14-9(2)6-12(17)7-10(14)3/h5-7H,1-4H3,(H2,18,21). The third-order valence-corrected chi connectivity index (χ3v) is 3.60. The lowest BCUT2D eigenvalue weighted by molar-refractivity contribution is 0.453. The lowest BCUT2D eigenvalue weighted by atomic mass is 10.1. The van der Waals surface area contributed by atoms with Crippen LogP contribution in [0, 0.1) is 27.7 Å². The summed E-state index contributed by atoms with van der Waals surface area (Å²) < 4.78 is 6.01. The molecular weight excluding hydrogens is 304 g/mol. The van der Waals surface area contributed by atoms with Gasteiger partial charge in [-0.3, -0.25) is 0 Å². The number of benzene rings is 1. The molecule has 0 saturated carbocycles. The van der Waals surface area contributed by atoms with Gasteiger partial charge in [-0.15, -0.1) is 0 Å². The van der Waals surface area contributed by atoms with Crippen LogP contribution in [0.5, 0.6) is 11.6 Å². The Morgan fingerprint density at radius 2 is 1.67 bits per heavy atom. The van der Waals surface area contributed by atoms with Gasteiger partial charge in [0.1, 0.15) is 10.7 Å². The average Bonchev–Trinajstić information content (AvgIpc) is 2.32. The molecule has 0 saturated heterocycles. The molecule has 0 atom stereocenters. The van der Waals surface area contributed by atoms with Crippen molar-refractivity contribution in [2.75, 3.05) is 0 Å². The molecule has 0 bridgehead atoms. The number of nitrogens with zero attached hydrogens (tertiary/aromatic N) is 1. The van der Waals surface area contributed by atoms with Gasteiger partial charge in [0.2, 0.25) is 5.88 Å². The number of ether oxygens (including phenoxy) is 1. The van der Waals surface area contributed by atoms with E-state index in [2.05, 4.69) is 4.98 Å². The summed E-state index contributed by atoms with van der Waals surface area (Å²) in [5.41, 5.74) is 10.2. The van der Waals surface area contributed by atoms with Crippen LogP contribution in [-0.4, -0.2) is 9.97 Å². The second kappa shape index (κ2) is 6.00. The minimum Gasteiger partial charge on any atom is -0.438 e. The van der Waals surface area contributed by atoms with E-state index >= 15 is 0 Å². The van der Waals surface area contributed by atoms with Crippen molar-refractivity contribution in [3.05, 3.63) is 51.2 Å². The van der Waals surface area contributed by atoms with Crippen LogP contribution in [0.25, 0.3) is 0 Å². The quantitative estimate of drug-likeness (QED) is 0.852.